The summed E-state index contributed by atoms with van der Waals surface area (Å²) in [6, 6.07) is 6.37. The van der Waals surface area contributed by atoms with Crippen molar-refractivity contribution in [3.8, 4) is 11.3 Å². The van der Waals surface area contributed by atoms with E-state index in [0.29, 0.717) is 0 Å². The summed E-state index contributed by atoms with van der Waals surface area (Å²) in [5.41, 5.74) is 4.73. The SMILES string of the molecule is c1cc(Cc2cc(-c3ccsc3)n[nH]2)cs1. The van der Waals surface area contributed by atoms with E-state index in [9.17, 15) is 0 Å². The smallest absolute Gasteiger partial charge is 0.0932 e. The van der Waals surface area contributed by atoms with Crippen molar-refractivity contribution in [1.82, 2.24) is 10.2 Å². The molecule has 16 heavy (non-hydrogen) atoms. The van der Waals surface area contributed by atoms with E-state index >= 15 is 0 Å². The molecule has 3 heterocycles. The van der Waals surface area contributed by atoms with Gasteiger partial charge in [-0.05, 0) is 39.9 Å². The first-order valence-electron chi connectivity index (χ1n) is 5.00. The number of aromatic nitrogens is 2. The number of nitrogens with one attached hydrogen (secondary N) is 1. The van der Waals surface area contributed by atoms with Crippen LogP contribution in [0.4, 0.5) is 0 Å². The first kappa shape index (κ1) is 9.81. The molecule has 0 aliphatic carbocycles. The summed E-state index contributed by atoms with van der Waals surface area (Å²) >= 11 is 3.43. The molecule has 0 bridgehead atoms. The third-order valence-electron chi connectivity index (χ3n) is 2.42. The maximum absolute atomic E-state index is 4.32. The minimum Gasteiger partial charge on any atom is -0.282 e. The van der Waals surface area contributed by atoms with Crippen LogP contribution in [0.15, 0.2) is 39.7 Å². The molecule has 0 saturated heterocycles. The van der Waals surface area contributed by atoms with Gasteiger partial charge in [-0.3, -0.25) is 5.10 Å². The lowest BCUT2D eigenvalue weighted by atomic mass is 10.1. The summed E-state index contributed by atoms with van der Waals surface area (Å²) in [6.07, 6.45) is 0.931. The Morgan fingerprint density at radius 2 is 2.00 bits per heavy atom. The van der Waals surface area contributed by atoms with E-state index in [4.69, 9.17) is 0 Å². The van der Waals surface area contributed by atoms with Crippen LogP contribution in [0, 0.1) is 0 Å². The number of aromatic amines is 1. The number of hydrogen-bond acceptors (Lipinski definition) is 3. The molecule has 0 saturated carbocycles. The van der Waals surface area contributed by atoms with Gasteiger partial charge in [0.15, 0.2) is 0 Å². The van der Waals surface area contributed by atoms with E-state index in [1.165, 1.54) is 16.8 Å². The first-order valence-corrected chi connectivity index (χ1v) is 6.88. The maximum Gasteiger partial charge on any atom is 0.0932 e. The van der Waals surface area contributed by atoms with Gasteiger partial charge in [0, 0.05) is 23.1 Å². The van der Waals surface area contributed by atoms with Gasteiger partial charge in [0.25, 0.3) is 0 Å². The monoisotopic (exact) mass is 246 g/mol. The summed E-state index contributed by atoms with van der Waals surface area (Å²) in [7, 11) is 0. The lowest BCUT2D eigenvalue weighted by molar-refractivity contribution is 1.00. The Hall–Kier alpha value is -1.39. The van der Waals surface area contributed by atoms with Gasteiger partial charge < -0.3 is 0 Å². The molecule has 0 radical (unpaired) electrons. The Morgan fingerprint density at radius 3 is 2.75 bits per heavy atom. The highest BCUT2D eigenvalue weighted by Crippen LogP contribution is 2.21. The van der Waals surface area contributed by atoms with Crippen molar-refractivity contribution in [2.24, 2.45) is 0 Å². The zero-order valence-corrected chi connectivity index (χ0v) is 10.1. The zero-order valence-electron chi connectivity index (χ0n) is 8.51. The van der Waals surface area contributed by atoms with Crippen molar-refractivity contribution in [3.63, 3.8) is 0 Å². The Labute approximate surface area is 102 Å². The molecule has 80 valence electrons. The molecule has 0 spiro atoms. The molecule has 0 aliphatic rings. The van der Waals surface area contributed by atoms with Crippen molar-refractivity contribution in [2.45, 2.75) is 6.42 Å². The van der Waals surface area contributed by atoms with Gasteiger partial charge in [-0.25, -0.2) is 0 Å². The lowest BCUT2D eigenvalue weighted by Gasteiger charge is -1.91. The molecule has 2 nitrogen and oxygen atoms in total. The van der Waals surface area contributed by atoms with Gasteiger partial charge in [0.05, 0.1) is 5.69 Å². The standard InChI is InChI=1S/C12H10N2S2/c1-3-15-7-9(1)5-11-6-12(14-13-11)10-2-4-16-8-10/h1-4,6-8H,5H2,(H,13,14). The lowest BCUT2D eigenvalue weighted by Crippen LogP contribution is -1.84. The van der Waals surface area contributed by atoms with Crippen LogP contribution in [0.5, 0.6) is 0 Å². The number of H-pyrrole nitrogens is 1. The summed E-state index contributed by atoms with van der Waals surface area (Å²) in [6.45, 7) is 0. The van der Waals surface area contributed by atoms with Crippen LogP contribution in [0.2, 0.25) is 0 Å². The number of nitrogens with zero attached hydrogens (tertiary/aromatic N) is 1. The first-order chi connectivity index (χ1) is 7.92. The van der Waals surface area contributed by atoms with Crippen LogP contribution < -0.4 is 0 Å². The average Bonchev–Trinajstić information content (AvgIpc) is 2.99. The molecule has 0 amide bonds. The van der Waals surface area contributed by atoms with E-state index in [1.807, 2.05) is 0 Å². The molecule has 0 atom stereocenters. The van der Waals surface area contributed by atoms with Crippen LogP contribution >= 0.6 is 22.7 Å². The normalized spacial score (nSPS) is 10.8. The van der Waals surface area contributed by atoms with Crippen molar-refractivity contribution in [1.29, 1.82) is 0 Å². The third kappa shape index (κ3) is 1.94. The Kier molecular flexibility index (Phi) is 2.60. The fourth-order valence-corrected chi connectivity index (χ4v) is 2.94. The van der Waals surface area contributed by atoms with E-state index < -0.39 is 0 Å². The van der Waals surface area contributed by atoms with Crippen molar-refractivity contribution < 1.29 is 0 Å². The van der Waals surface area contributed by atoms with Gasteiger partial charge in [-0.1, -0.05) is 0 Å². The fourth-order valence-electron chi connectivity index (χ4n) is 1.62. The Balaban J connectivity index is 1.83. The molecule has 0 fully saturated rings. The molecule has 0 aromatic carbocycles. The molecular weight excluding hydrogens is 236 g/mol. The van der Waals surface area contributed by atoms with Crippen LogP contribution in [-0.4, -0.2) is 10.2 Å². The molecular formula is C12H10N2S2. The summed E-state index contributed by atoms with van der Waals surface area (Å²) in [5, 5.41) is 15.9. The molecule has 0 unspecified atom stereocenters. The zero-order chi connectivity index (χ0) is 10.8. The molecule has 1 N–H and O–H groups in total. The second kappa shape index (κ2) is 4.23. The highest BCUT2D eigenvalue weighted by molar-refractivity contribution is 7.08. The van der Waals surface area contributed by atoms with E-state index in [2.05, 4.69) is 49.9 Å². The molecule has 3 aromatic heterocycles. The van der Waals surface area contributed by atoms with E-state index in [-0.39, 0.29) is 0 Å². The second-order valence-electron chi connectivity index (χ2n) is 3.60. The summed E-state index contributed by atoms with van der Waals surface area (Å²) < 4.78 is 0. The Bertz CT molecular complexity index is 550. The highest BCUT2D eigenvalue weighted by Gasteiger charge is 2.04. The molecule has 4 heteroatoms. The van der Waals surface area contributed by atoms with Gasteiger partial charge in [0.2, 0.25) is 0 Å². The fraction of sp³-hybridized carbons (Fsp3) is 0.0833. The minimum absolute atomic E-state index is 0.931. The molecule has 3 rings (SSSR count). The van der Waals surface area contributed by atoms with E-state index in [0.717, 1.165) is 12.1 Å². The highest BCUT2D eigenvalue weighted by atomic mass is 32.1. The van der Waals surface area contributed by atoms with Crippen LogP contribution in [0.1, 0.15) is 11.3 Å². The topological polar surface area (TPSA) is 28.7 Å². The summed E-state index contributed by atoms with van der Waals surface area (Å²) in [4.78, 5) is 0. The van der Waals surface area contributed by atoms with Gasteiger partial charge in [-0.15, -0.1) is 0 Å². The second-order valence-corrected chi connectivity index (χ2v) is 5.16. The minimum atomic E-state index is 0.931. The Morgan fingerprint density at radius 1 is 1.12 bits per heavy atom. The van der Waals surface area contributed by atoms with Crippen molar-refractivity contribution in [3.05, 3.63) is 51.0 Å². The third-order valence-corrected chi connectivity index (χ3v) is 3.84. The van der Waals surface area contributed by atoms with E-state index in [1.54, 1.807) is 22.7 Å². The van der Waals surface area contributed by atoms with Gasteiger partial charge in [-0.2, -0.15) is 27.8 Å². The molecule has 3 aromatic rings. The average molecular weight is 246 g/mol. The van der Waals surface area contributed by atoms with Gasteiger partial charge in [0.1, 0.15) is 0 Å². The van der Waals surface area contributed by atoms with Crippen LogP contribution in [0.25, 0.3) is 11.3 Å². The summed E-state index contributed by atoms with van der Waals surface area (Å²) in [5.74, 6) is 0. The number of hydrogen-bond donors (Lipinski definition) is 1. The van der Waals surface area contributed by atoms with Crippen molar-refractivity contribution >= 4 is 22.7 Å². The van der Waals surface area contributed by atoms with Crippen LogP contribution in [0.3, 0.4) is 0 Å². The quantitative estimate of drug-likeness (QED) is 0.748. The largest absolute Gasteiger partial charge is 0.282 e. The van der Waals surface area contributed by atoms with Crippen LogP contribution in [-0.2, 0) is 6.42 Å². The number of rotatable bonds is 3. The maximum atomic E-state index is 4.32. The molecule has 0 aliphatic heterocycles. The predicted octanol–water partition coefficient (Wildman–Crippen LogP) is 3.79. The predicted molar refractivity (Wildman–Crippen MR) is 69.0 cm³/mol. The van der Waals surface area contributed by atoms with Gasteiger partial charge >= 0.3 is 0 Å². The number of thiophene rings is 2. The van der Waals surface area contributed by atoms with Crippen molar-refractivity contribution in [2.75, 3.05) is 0 Å².